The molecule has 0 saturated carbocycles. The van der Waals surface area contributed by atoms with Gasteiger partial charge in [0.05, 0.1) is 18.7 Å². The van der Waals surface area contributed by atoms with Crippen molar-refractivity contribution in [3.8, 4) is 5.75 Å². The molecule has 7 heteroatoms. The quantitative estimate of drug-likeness (QED) is 0.242. The Morgan fingerprint density at radius 1 is 1.08 bits per heavy atom. The third kappa shape index (κ3) is 4.51. The second-order valence-corrected chi connectivity index (χ2v) is 11.1. The maximum absolute atomic E-state index is 13.0. The summed E-state index contributed by atoms with van der Waals surface area (Å²) in [6.07, 6.45) is 6.03. The van der Waals surface area contributed by atoms with E-state index in [2.05, 4.69) is 39.2 Å². The first kappa shape index (κ1) is 25.3. The molecular weight excluding hydrogens is 488 g/mol. The van der Waals surface area contributed by atoms with E-state index in [0.717, 1.165) is 65.0 Å². The first-order chi connectivity index (χ1) is 18.9. The Kier molecular flexibility index (Phi) is 6.47. The van der Waals surface area contributed by atoms with Gasteiger partial charge in [-0.1, -0.05) is 12.1 Å². The highest BCUT2D eigenvalue weighted by Gasteiger charge is 2.43. The highest BCUT2D eigenvalue weighted by atomic mass is 16.5. The molecular formula is C32H34N4O3. The van der Waals surface area contributed by atoms with E-state index in [-0.39, 0.29) is 12.1 Å². The summed E-state index contributed by atoms with van der Waals surface area (Å²) in [5.74, 6) is 1.77. The molecule has 0 amide bonds. The highest BCUT2D eigenvalue weighted by Crippen LogP contribution is 2.44. The van der Waals surface area contributed by atoms with Crippen molar-refractivity contribution >= 4 is 28.0 Å². The standard InChI is InChI=1S/C32H34N4O3/c1-5-20-17-36-11-9-21(20)15-27(36)28(24-8-10-33-26-7-6-23(39-4)16-25(24)26)35-30-29(31(37)32(30)38)34-22-13-18(2)12-19(3)14-22/h5-8,10,12-14,16,20-21,27-28,34-35H,1,9,11,15,17H2,2-4H3/t20?,21?,27-,28-/m1/s1. The molecule has 3 aliphatic rings. The van der Waals surface area contributed by atoms with Gasteiger partial charge < -0.3 is 15.4 Å². The van der Waals surface area contributed by atoms with Crippen LogP contribution < -0.4 is 26.2 Å². The van der Waals surface area contributed by atoms with Crippen LogP contribution in [-0.2, 0) is 0 Å². The number of ether oxygens (including phenoxy) is 1. The van der Waals surface area contributed by atoms with E-state index in [1.807, 2.05) is 56.4 Å². The van der Waals surface area contributed by atoms with Crippen LogP contribution in [0.25, 0.3) is 10.9 Å². The summed E-state index contributed by atoms with van der Waals surface area (Å²) in [5.41, 5.74) is 4.57. The van der Waals surface area contributed by atoms with Gasteiger partial charge in [0.2, 0.25) is 0 Å². The van der Waals surface area contributed by atoms with Gasteiger partial charge >= 0.3 is 0 Å². The SMILES string of the molecule is C=CC1CN2CCC1C[C@@H]2[C@H](Nc1c(Nc2cc(C)cc(C)c2)c(=O)c1=O)c1ccnc2ccc(OC)cc12. The molecule has 3 unspecified atom stereocenters. The molecule has 3 aromatic carbocycles. The Morgan fingerprint density at radius 2 is 1.85 bits per heavy atom. The summed E-state index contributed by atoms with van der Waals surface area (Å²) in [5, 5.41) is 7.79. The summed E-state index contributed by atoms with van der Waals surface area (Å²) in [7, 11) is 1.66. The molecule has 0 radical (unpaired) electrons. The Labute approximate surface area is 228 Å². The van der Waals surface area contributed by atoms with Gasteiger partial charge in [0.25, 0.3) is 10.9 Å². The van der Waals surface area contributed by atoms with Gasteiger partial charge in [-0.2, -0.15) is 0 Å². The number of fused-ring (bicyclic) bond motifs is 4. The monoisotopic (exact) mass is 522 g/mol. The normalized spacial score (nSPS) is 23.1. The maximum Gasteiger partial charge on any atom is 0.253 e. The Morgan fingerprint density at radius 3 is 2.54 bits per heavy atom. The molecule has 4 heterocycles. The van der Waals surface area contributed by atoms with Gasteiger partial charge in [0, 0.05) is 29.9 Å². The predicted octanol–water partition coefficient (Wildman–Crippen LogP) is 5.25. The number of aromatic nitrogens is 1. The van der Waals surface area contributed by atoms with Gasteiger partial charge in [0.15, 0.2) is 0 Å². The van der Waals surface area contributed by atoms with E-state index in [1.165, 1.54) is 0 Å². The number of nitrogens with one attached hydrogen (secondary N) is 2. The van der Waals surface area contributed by atoms with Crippen molar-refractivity contribution in [3.63, 3.8) is 0 Å². The molecule has 2 bridgehead atoms. The lowest BCUT2D eigenvalue weighted by Gasteiger charge is -2.52. The Balaban J connectivity index is 1.43. The van der Waals surface area contributed by atoms with Crippen molar-refractivity contribution < 1.29 is 4.74 Å². The van der Waals surface area contributed by atoms with Gasteiger partial charge in [-0.15, -0.1) is 6.58 Å². The average Bonchev–Trinajstić information content (AvgIpc) is 2.95. The number of benzene rings is 2. The zero-order valence-corrected chi connectivity index (χ0v) is 22.7. The summed E-state index contributed by atoms with van der Waals surface area (Å²) in [6.45, 7) is 10.1. The minimum Gasteiger partial charge on any atom is -0.497 e. The van der Waals surface area contributed by atoms with Crippen LogP contribution in [0, 0.1) is 25.7 Å². The molecule has 39 heavy (non-hydrogen) atoms. The number of pyridine rings is 1. The largest absolute Gasteiger partial charge is 0.497 e. The van der Waals surface area contributed by atoms with E-state index < -0.39 is 10.9 Å². The Bertz CT molecular complexity index is 1620. The molecule has 4 aromatic rings. The number of hydrogen-bond acceptors (Lipinski definition) is 7. The van der Waals surface area contributed by atoms with Crippen LogP contribution >= 0.6 is 0 Å². The number of anilines is 3. The van der Waals surface area contributed by atoms with Gasteiger partial charge in [-0.25, -0.2) is 0 Å². The number of aryl methyl sites for hydroxylation is 2. The number of hydrogen-bond donors (Lipinski definition) is 2. The number of methoxy groups -OCH3 is 1. The summed E-state index contributed by atoms with van der Waals surface area (Å²) < 4.78 is 5.54. The lowest BCUT2D eigenvalue weighted by Crippen LogP contribution is -2.56. The molecule has 0 aliphatic carbocycles. The topological polar surface area (TPSA) is 83.6 Å². The first-order valence-electron chi connectivity index (χ1n) is 13.6. The van der Waals surface area contributed by atoms with Crippen LogP contribution in [0.5, 0.6) is 5.75 Å². The third-order valence-electron chi connectivity index (χ3n) is 8.56. The Hall–Kier alpha value is -3.97. The highest BCUT2D eigenvalue weighted by molar-refractivity contribution is 5.85. The van der Waals surface area contributed by atoms with Crippen LogP contribution in [0.3, 0.4) is 0 Å². The molecule has 5 atom stereocenters. The van der Waals surface area contributed by atoms with Gasteiger partial charge in [0.1, 0.15) is 17.1 Å². The fourth-order valence-electron chi connectivity index (χ4n) is 6.65. The molecule has 3 fully saturated rings. The van der Waals surface area contributed by atoms with Crippen molar-refractivity contribution in [1.29, 1.82) is 0 Å². The minimum atomic E-state index is -0.492. The van der Waals surface area contributed by atoms with Crippen LogP contribution in [-0.4, -0.2) is 36.1 Å². The molecule has 200 valence electrons. The molecule has 7 nitrogen and oxygen atoms in total. The molecule has 7 rings (SSSR count). The fraction of sp³-hybridized carbons (Fsp3) is 0.344. The van der Waals surface area contributed by atoms with Crippen LogP contribution in [0.4, 0.5) is 17.1 Å². The fourth-order valence-corrected chi connectivity index (χ4v) is 6.65. The average molecular weight is 523 g/mol. The first-order valence-corrected chi connectivity index (χ1v) is 13.6. The van der Waals surface area contributed by atoms with E-state index in [1.54, 1.807) is 7.11 Å². The van der Waals surface area contributed by atoms with E-state index in [4.69, 9.17) is 4.74 Å². The molecule has 3 saturated heterocycles. The smallest absolute Gasteiger partial charge is 0.253 e. The van der Waals surface area contributed by atoms with Crippen LogP contribution in [0.15, 0.2) is 70.9 Å². The van der Waals surface area contributed by atoms with Crippen molar-refractivity contribution in [2.75, 3.05) is 30.8 Å². The number of rotatable bonds is 8. The summed E-state index contributed by atoms with van der Waals surface area (Å²) >= 11 is 0. The zero-order valence-electron chi connectivity index (χ0n) is 22.7. The molecule has 2 N–H and O–H groups in total. The van der Waals surface area contributed by atoms with Crippen molar-refractivity contribution in [1.82, 2.24) is 9.88 Å². The molecule has 0 spiro atoms. The van der Waals surface area contributed by atoms with Crippen LogP contribution in [0.1, 0.15) is 35.6 Å². The predicted molar refractivity (Wildman–Crippen MR) is 157 cm³/mol. The van der Waals surface area contributed by atoms with E-state index >= 15 is 0 Å². The second-order valence-electron chi connectivity index (χ2n) is 11.1. The lowest BCUT2D eigenvalue weighted by atomic mass is 9.73. The van der Waals surface area contributed by atoms with E-state index in [0.29, 0.717) is 23.2 Å². The summed E-state index contributed by atoms with van der Waals surface area (Å²) in [4.78, 5) is 32.9. The second kappa shape index (κ2) is 9.97. The van der Waals surface area contributed by atoms with Crippen LogP contribution in [0.2, 0.25) is 0 Å². The van der Waals surface area contributed by atoms with Crippen molar-refractivity contribution in [3.05, 3.63) is 98.5 Å². The van der Waals surface area contributed by atoms with Crippen molar-refractivity contribution in [2.45, 2.75) is 38.8 Å². The van der Waals surface area contributed by atoms with Gasteiger partial charge in [-0.3, -0.25) is 19.5 Å². The lowest BCUT2D eigenvalue weighted by molar-refractivity contribution is 0.0105. The maximum atomic E-state index is 13.0. The van der Waals surface area contributed by atoms with E-state index in [9.17, 15) is 9.59 Å². The minimum absolute atomic E-state index is 0.148. The zero-order chi connectivity index (χ0) is 27.3. The van der Waals surface area contributed by atoms with Gasteiger partial charge in [-0.05, 0) is 98.2 Å². The number of nitrogens with zero attached hydrogens (tertiary/aromatic N) is 2. The summed E-state index contributed by atoms with van der Waals surface area (Å²) in [6, 6.07) is 13.9. The third-order valence-corrected chi connectivity index (χ3v) is 8.56. The molecule has 1 aromatic heterocycles. The number of piperidine rings is 3. The molecule has 3 aliphatic heterocycles. The van der Waals surface area contributed by atoms with Crippen molar-refractivity contribution in [2.24, 2.45) is 11.8 Å².